The number of likely N-dealkylation sites (tertiary alicyclic amines) is 1. The molecule has 1 saturated heterocycles. The van der Waals surface area contributed by atoms with Gasteiger partial charge in [0.1, 0.15) is 23.0 Å². The van der Waals surface area contributed by atoms with Crippen LogP contribution in [0.5, 0.6) is 11.5 Å². The number of aromatic nitrogens is 5. The number of carbonyl (C=O) groups excluding carboxylic acids is 1. The van der Waals surface area contributed by atoms with Gasteiger partial charge in [-0.15, -0.1) is 10.2 Å². The summed E-state index contributed by atoms with van der Waals surface area (Å²) in [5.74, 6) is 0.843. The standard InChI is InChI=1S/C23H28ClN7O5S/c1-13(21-25-11-15(24)12-26-21)14(2)37(33,34)29-23-28-27-22(16-9-10-19(32)30(16)3)31(23)20-17(35-4)7-6-8-18(20)36-5/h6-8,11-14,16H,9-10H2,1-5H3,(H,28,29)/t13-,14-,16-/m0/s1. The van der Waals surface area contributed by atoms with Gasteiger partial charge in [-0.05, 0) is 25.5 Å². The Morgan fingerprint density at radius 2 is 1.73 bits per heavy atom. The minimum Gasteiger partial charge on any atom is -0.494 e. The van der Waals surface area contributed by atoms with E-state index in [9.17, 15) is 13.2 Å². The number of carbonyl (C=O) groups is 1. The fourth-order valence-corrected chi connectivity index (χ4v) is 5.54. The van der Waals surface area contributed by atoms with Gasteiger partial charge in [0, 0.05) is 31.8 Å². The second kappa shape index (κ2) is 10.5. The Morgan fingerprint density at radius 1 is 1.11 bits per heavy atom. The fraction of sp³-hybridized carbons (Fsp3) is 0.435. The van der Waals surface area contributed by atoms with Crippen molar-refractivity contribution in [3.63, 3.8) is 0 Å². The SMILES string of the molecule is COc1cccc(OC)c1-n1c(NS(=O)(=O)[C@@H](C)[C@H](C)c2ncc(Cl)cn2)nnc1[C@@H]1CCC(=O)N1C. The molecule has 198 valence electrons. The van der Waals surface area contributed by atoms with Crippen molar-refractivity contribution >= 4 is 33.5 Å². The zero-order valence-corrected chi connectivity index (χ0v) is 22.6. The summed E-state index contributed by atoms with van der Waals surface area (Å²) < 4.78 is 42.3. The largest absolute Gasteiger partial charge is 0.494 e. The molecule has 2 aromatic heterocycles. The van der Waals surface area contributed by atoms with Crippen molar-refractivity contribution in [2.75, 3.05) is 26.0 Å². The molecule has 1 fully saturated rings. The molecule has 0 bridgehead atoms. The van der Waals surface area contributed by atoms with Gasteiger partial charge in [-0.3, -0.25) is 14.1 Å². The molecule has 0 saturated carbocycles. The number of ether oxygens (including phenoxy) is 2. The third-order valence-corrected chi connectivity index (χ3v) is 8.63. The number of halogens is 1. The number of rotatable bonds is 9. The highest BCUT2D eigenvalue weighted by molar-refractivity contribution is 7.93. The highest BCUT2D eigenvalue weighted by Crippen LogP contribution is 2.40. The second-order valence-electron chi connectivity index (χ2n) is 8.69. The van der Waals surface area contributed by atoms with Crippen molar-refractivity contribution in [1.82, 2.24) is 29.6 Å². The van der Waals surface area contributed by atoms with E-state index in [-0.39, 0.29) is 11.9 Å². The molecule has 1 N–H and O–H groups in total. The molecule has 0 unspecified atom stereocenters. The van der Waals surface area contributed by atoms with Gasteiger partial charge in [-0.25, -0.2) is 18.4 Å². The molecule has 3 atom stereocenters. The predicted molar refractivity (Wildman–Crippen MR) is 137 cm³/mol. The molecule has 1 aliphatic heterocycles. The number of nitrogens with zero attached hydrogens (tertiary/aromatic N) is 6. The average Bonchev–Trinajstić information content (AvgIpc) is 3.44. The van der Waals surface area contributed by atoms with E-state index in [1.54, 1.807) is 44.0 Å². The molecular weight excluding hydrogens is 522 g/mol. The number of benzene rings is 1. The zero-order valence-electron chi connectivity index (χ0n) is 21.0. The van der Waals surface area contributed by atoms with Crippen LogP contribution in [-0.2, 0) is 14.8 Å². The minimum atomic E-state index is -4.02. The van der Waals surface area contributed by atoms with Crippen molar-refractivity contribution in [1.29, 1.82) is 0 Å². The summed E-state index contributed by atoms with van der Waals surface area (Å²) >= 11 is 5.88. The molecule has 1 aliphatic rings. The number of sulfonamides is 1. The molecular formula is C23H28ClN7O5S. The first-order chi connectivity index (χ1) is 17.6. The lowest BCUT2D eigenvalue weighted by molar-refractivity contribution is -0.127. The van der Waals surface area contributed by atoms with Crippen LogP contribution in [0.2, 0.25) is 5.02 Å². The Labute approximate surface area is 220 Å². The predicted octanol–water partition coefficient (Wildman–Crippen LogP) is 2.96. The van der Waals surface area contributed by atoms with E-state index in [1.807, 2.05) is 0 Å². The van der Waals surface area contributed by atoms with E-state index < -0.39 is 27.2 Å². The smallest absolute Gasteiger partial charge is 0.243 e. The monoisotopic (exact) mass is 549 g/mol. The fourth-order valence-electron chi connectivity index (χ4n) is 4.21. The summed E-state index contributed by atoms with van der Waals surface area (Å²) in [7, 11) is 0.642. The van der Waals surface area contributed by atoms with Gasteiger partial charge in [0.2, 0.25) is 21.9 Å². The lowest BCUT2D eigenvalue weighted by atomic mass is 10.1. The van der Waals surface area contributed by atoms with Crippen molar-refractivity contribution in [3.8, 4) is 17.2 Å². The van der Waals surface area contributed by atoms with Crippen LogP contribution in [0.25, 0.3) is 5.69 Å². The number of nitrogens with one attached hydrogen (secondary N) is 1. The van der Waals surface area contributed by atoms with Crippen LogP contribution < -0.4 is 14.2 Å². The molecule has 4 rings (SSSR count). The van der Waals surface area contributed by atoms with Crippen LogP contribution in [0.1, 0.15) is 50.3 Å². The Bertz CT molecular complexity index is 1370. The number of hydrogen-bond acceptors (Lipinski definition) is 9. The van der Waals surface area contributed by atoms with Gasteiger partial charge in [-0.2, -0.15) is 0 Å². The van der Waals surface area contributed by atoms with E-state index >= 15 is 0 Å². The number of amides is 1. The highest BCUT2D eigenvalue weighted by Gasteiger charge is 2.37. The van der Waals surface area contributed by atoms with Crippen molar-refractivity contribution in [3.05, 3.63) is 47.3 Å². The maximum atomic E-state index is 13.5. The van der Waals surface area contributed by atoms with E-state index in [0.717, 1.165) is 0 Å². The topological polar surface area (TPSA) is 141 Å². The molecule has 3 heterocycles. The number of anilines is 1. The molecule has 37 heavy (non-hydrogen) atoms. The van der Waals surface area contributed by atoms with Crippen LogP contribution in [0.15, 0.2) is 30.6 Å². The maximum absolute atomic E-state index is 13.5. The van der Waals surface area contributed by atoms with E-state index in [4.69, 9.17) is 21.1 Å². The van der Waals surface area contributed by atoms with Crippen LogP contribution in [-0.4, -0.2) is 70.5 Å². The summed E-state index contributed by atoms with van der Waals surface area (Å²) in [5, 5.41) is 7.90. The normalized spacial score (nSPS) is 17.5. The third-order valence-electron chi connectivity index (χ3n) is 6.58. The summed E-state index contributed by atoms with van der Waals surface area (Å²) in [6.45, 7) is 3.27. The van der Waals surface area contributed by atoms with Gasteiger partial charge in [0.15, 0.2) is 5.82 Å². The Kier molecular flexibility index (Phi) is 7.55. The Balaban J connectivity index is 1.80. The average molecular weight is 550 g/mol. The summed E-state index contributed by atoms with van der Waals surface area (Å²) in [6, 6.07) is 4.75. The van der Waals surface area contributed by atoms with Crippen LogP contribution in [0, 0.1) is 0 Å². The molecule has 0 aliphatic carbocycles. The Morgan fingerprint density at radius 3 is 2.27 bits per heavy atom. The van der Waals surface area contributed by atoms with Gasteiger partial charge < -0.3 is 14.4 Å². The van der Waals surface area contributed by atoms with Crippen LogP contribution >= 0.6 is 11.6 Å². The van der Waals surface area contributed by atoms with Crippen molar-refractivity contribution < 1.29 is 22.7 Å². The Hall–Kier alpha value is -3.45. The van der Waals surface area contributed by atoms with Crippen LogP contribution in [0.3, 0.4) is 0 Å². The molecule has 1 aromatic carbocycles. The summed E-state index contributed by atoms with van der Waals surface area (Å²) in [5.41, 5.74) is 0.402. The first kappa shape index (κ1) is 26.6. The first-order valence-corrected chi connectivity index (χ1v) is 13.4. The molecule has 14 heteroatoms. The number of hydrogen-bond donors (Lipinski definition) is 1. The molecule has 1 amide bonds. The van der Waals surface area contributed by atoms with Gasteiger partial charge in [0.25, 0.3) is 0 Å². The van der Waals surface area contributed by atoms with E-state index in [0.29, 0.717) is 46.7 Å². The quantitative estimate of drug-likeness (QED) is 0.426. The minimum absolute atomic E-state index is 0.0425. The van der Waals surface area contributed by atoms with Crippen molar-refractivity contribution in [2.24, 2.45) is 0 Å². The third kappa shape index (κ3) is 5.05. The second-order valence-corrected chi connectivity index (χ2v) is 11.2. The van der Waals surface area contributed by atoms with E-state index in [2.05, 4.69) is 24.9 Å². The maximum Gasteiger partial charge on any atom is 0.243 e. The van der Waals surface area contributed by atoms with Crippen LogP contribution in [0.4, 0.5) is 5.95 Å². The van der Waals surface area contributed by atoms with Gasteiger partial charge >= 0.3 is 0 Å². The highest BCUT2D eigenvalue weighted by atomic mass is 35.5. The summed E-state index contributed by atoms with van der Waals surface area (Å²) in [6.07, 6.45) is 3.68. The lowest BCUT2D eigenvalue weighted by Gasteiger charge is -2.24. The molecule has 0 radical (unpaired) electrons. The number of para-hydroxylation sites is 1. The van der Waals surface area contributed by atoms with Gasteiger partial charge in [0.05, 0.1) is 30.5 Å². The zero-order chi connectivity index (χ0) is 26.9. The molecule has 12 nitrogen and oxygen atoms in total. The molecule has 0 spiro atoms. The van der Waals surface area contributed by atoms with Crippen molar-refractivity contribution in [2.45, 2.75) is 43.9 Å². The van der Waals surface area contributed by atoms with E-state index in [1.165, 1.54) is 31.2 Å². The number of methoxy groups -OCH3 is 2. The molecule has 3 aromatic rings. The van der Waals surface area contributed by atoms with Gasteiger partial charge in [-0.1, -0.05) is 24.6 Å². The summed E-state index contributed by atoms with van der Waals surface area (Å²) in [4.78, 5) is 22.2. The first-order valence-electron chi connectivity index (χ1n) is 11.5. The lowest BCUT2D eigenvalue weighted by Crippen LogP contribution is -2.32.